The molecule has 1 aliphatic heterocycles. The Morgan fingerprint density at radius 1 is 1.21 bits per heavy atom. The van der Waals surface area contributed by atoms with Crippen molar-refractivity contribution in [2.75, 3.05) is 0 Å². The van der Waals surface area contributed by atoms with E-state index in [0.717, 1.165) is 22.9 Å². The van der Waals surface area contributed by atoms with Crippen LogP contribution in [0.25, 0.3) is 10.9 Å². The fraction of sp³-hybridized carbons (Fsp3) is 0.483. The van der Waals surface area contributed by atoms with Gasteiger partial charge < -0.3 is 9.67 Å². The van der Waals surface area contributed by atoms with Crippen LogP contribution in [-0.4, -0.2) is 15.6 Å². The van der Waals surface area contributed by atoms with Crippen LogP contribution in [0.3, 0.4) is 0 Å². The third kappa shape index (κ3) is 5.33. The number of carboxylic acid groups (broad SMARTS) is 1. The Morgan fingerprint density at radius 3 is 2.59 bits per heavy atom. The van der Waals surface area contributed by atoms with Gasteiger partial charge in [0, 0.05) is 43.9 Å². The zero-order valence-electron chi connectivity index (χ0n) is 20.7. The summed E-state index contributed by atoms with van der Waals surface area (Å²) in [6, 6.07) is 12.6. The highest BCUT2D eigenvalue weighted by Crippen LogP contribution is 2.49. The maximum Gasteiger partial charge on any atom is 0.304 e. The topological polar surface area (TPSA) is 42.2 Å². The molecular weight excluding hydrogens is 462 g/mol. The molecule has 0 fully saturated rings. The van der Waals surface area contributed by atoms with Gasteiger partial charge in [-0.3, -0.25) is 4.79 Å². The summed E-state index contributed by atoms with van der Waals surface area (Å²) in [6.45, 7) is 9.90. The minimum atomic E-state index is -0.710. The van der Waals surface area contributed by atoms with Gasteiger partial charge in [-0.25, -0.2) is 0 Å². The molecule has 0 spiro atoms. The molecule has 1 aromatic heterocycles. The van der Waals surface area contributed by atoms with E-state index in [1.54, 1.807) is 11.8 Å². The monoisotopic (exact) mass is 497 g/mol. The second-order valence-electron chi connectivity index (χ2n) is 10.2. The molecule has 0 aliphatic carbocycles. The maximum atomic E-state index is 12.0. The summed E-state index contributed by atoms with van der Waals surface area (Å²) in [5.74, 6) is 0.226. The molecule has 182 valence electrons. The van der Waals surface area contributed by atoms with Crippen molar-refractivity contribution in [2.45, 2.75) is 94.4 Å². The first-order chi connectivity index (χ1) is 16.3. The number of fused-ring (bicyclic) bond motifs is 3. The molecular formula is C29H36ClNO2S. The van der Waals surface area contributed by atoms with E-state index in [2.05, 4.69) is 56.5 Å². The number of aliphatic carboxylic acids is 1. The van der Waals surface area contributed by atoms with Crippen molar-refractivity contribution in [3.05, 3.63) is 58.2 Å². The van der Waals surface area contributed by atoms with Crippen molar-refractivity contribution >= 4 is 40.2 Å². The second-order valence-corrected chi connectivity index (χ2v) is 11.7. The zero-order valence-corrected chi connectivity index (χ0v) is 22.3. The van der Waals surface area contributed by atoms with Crippen LogP contribution in [0.4, 0.5) is 0 Å². The quantitative estimate of drug-likeness (QED) is 0.300. The Bertz CT molecular complexity index is 1170. The van der Waals surface area contributed by atoms with E-state index in [0.29, 0.717) is 11.8 Å². The molecule has 2 aromatic carbocycles. The number of aromatic nitrogens is 1. The van der Waals surface area contributed by atoms with E-state index < -0.39 is 5.97 Å². The SMILES string of the molecule is CCCCCC1C[C@H](CC(=O)O)c2c(Sc3ccc(Cl)cc3)c3c(C(C)C)cc(C)cc3n2C1. The Labute approximate surface area is 212 Å². The smallest absolute Gasteiger partial charge is 0.304 e. The number of unbranched alkanes of at least 4 members (excludes halogenated alkanes) is 2. The van der Waals surface area contributed by atoms with Crippen LogP contribution in [-0.2, 0) is 11.3 Å². The summed E-state index contributed by atoms with van der Waals surface area (Å²) in [5, 5.41) is 11.9. The fourth-order valence-electron chi connectivity index (χ4n) is 5.55. The average molecular weight is 498 g/mol. The first-order valence-corrected chi connectivity index (χ1v) is 13.8. The molecule has 3 aromatic rings. The number of hydrogen-bond acceptors (Lipinski definition) is 2. The van der Waals surface area contributed by atoms with Gasteiger partial charge >= 0.3 is 5.97 Å². The molecule has 4 rings (SSSR count). The van der Waals surface area contributed by atoms with Gasteiger partial charge in [-0.1, -0.05) is 69.5 Å². The standard InChI is InChI=1S/C29H36ClNO2S/c1-5-6-7-8-20-15-21(16-26(32)33)28-29(34-23-11-9-22(30)10-12-23)27-24(18(2)3)13-19(4)14-25(27)31(28)17-20/h9-14,18,20-21H,5-8,15-17H2,1-4H3,(H,32,33)/t20?,21-/m1/s1. The molecule has 0 saturated heterocycles. The molecule has 0 saturated carbocycles. The molecule has 3 nitrogen and oxygen atoms in total. The first-order valence-electron chi connectivity index (χ1n) is 12.6. The van der Waals surface area contributed by atoms with Crippen molar-refractivity contribution in [1.82, 2.24) is 4.57 Å². The number of carbonyl (C=O) groups is 1. The highest BCUT2D eigenvalue weighted by atomic mass is 35.5. The van der Waals surface area contributed by atoms with E-state index in [4.69, 9.17) is 11.6 Å². The summed E-state index contributed by atoms with van der Waals surface area (Å²) in [6.07, 6.45) is 5.99. The molecule has 5 heteroatoms. The summed E-state index contributed by atoms with van der Waals surface area (Å²) >= 11 is 7.92. The summed E-state index contributed by atoms with van der Waals surface area (Å²) in [7, 11) is 0. The third-order valence-electron chi connectivity index (χ3n) is 7.07. The number of benzene rings is 2. The molecule has 0 bridgehead atoms. The molecule has 0 radical (unpaired) electrons. The lowest BCUT2D eigenvalue weighted by Gasteiger charge is -2.32. The van der Waals surface area contributed by atoms with E-state index in [9.17, 15) is 9.90 Å². The average Bonchev–Trinajstić information content (AvgIpc) is 3.08. The van der Waals surface area contributed by atoms with Gasteiger partial charge in [0.15, 0.2) is 0 Å². The van der Waals surface area contributed by atoms with Crippen LogP contribution in [0.2, 0.25) is 5.02 Å². The molecule has 2 atom stereocenters. The number of hydrogen-bond donors (Lipinski definition) is 1. The molecule has 2 heterocycles. The van der Waals surface area contributed by atoms with Gasteiger partial charge in [-0.05, 0) is 73.1 Å². The predicted octanol–water partition coefficient (Wildman–Crippen LogP) is 9.04. The molecule has 34 heavy (non-hydrogen) atoms. The van der Waals surface area contributed by atoms with Crippen LogP contribution in [0.1, 0.15) is 88.0 Å². The molecule has 1 N–H and O–H groups in total. The summed E-state index contributed by atoms with van der Waals surface area (Å²) in [5.41, 5.74) is 5.11. The van der Waals surface area contributed by atoms with Crippen LogP contribution in [0.15, 0.2) is 46.2 Å². The van der Waals surface area contributed by atoms with E-state index in [1.165, 1.54) is 58.3 Å². The van der Waals surface area contributed by atoms with E-state index >= 15 is 0 Å². The summed E-state index contributed by atoms with van der Waals surface area (Å²) < 4.78 is 2.49. The highest BCUT2D eigenvalue weighted by Gasteiger charge is 2.34. The van der Waals surface area contributed by atoms with Gasteiger partial charge in [0.2, 0.25) is 0 Å². The van der Waals surface area contributed by atoms with Crippen LogP contribution in [0.5, 0.6) is 0 Å². The van der Waals surface area contributed by atoms with E-state index in [-0.39, 0.29) is 12.3 Å². The van der Waals surface area contributed by atoms with Crippen molar-refractivity contribution in [3.8, 4) is 0 Å². The van der Waals surface area contributed by atoms with Crippen molar-refractivity contribution in [3.63, 3.8) is 0 Å². The molecule has 1 unspecified atom stereocenters. The van der Waals surface area contributed by atoms with Crippen LogP contribution in [0, 0.1) is 12.8 Å². The minimum Gasteiger partial charge on any atom is -0.481 e. The van der Waals surface area contributed by atoms with Crippen molar-refractivity contribution < 1.29 is 9.90 Å². The second kappa shape index (κ2) is 10.8. The lowest BCUT2D eigenvalue weighted by atomic mass is 9.83. The molecule has 0 amide bonds. The van der Waals surface area contributed by atoms with Gasteiger partial charge in [-0.2, -0.15) is 0 Å². The van der Waals surface area contributed by atoms with Gasteiger partial charge in [0.1, 0.15) is 0 Å². The van der Waals surface area contributed by atoms with Crippen molar-refractivity contribution in [2.24, 2.45) is 5.92 Å². The largest absolute Gasteiger partial charge is 0.481 e. The summed E-state index contributed by atoms with van der Waals surface area (Å²) in [4.78, 5) is 14.3. The Balaban J connectivity index is 1.91. The lowest BCUT2D eigenvalue weighted by Crippen LogP contribution is -2.25. The number of carboxylic acids is 1. The van der Waals surface area contributed by atoms with Gasteiger partial charge in [-0.15, -0.1) is 0 Å². The highest BCUT2D eigenvalue weighted by molar-refractivity contribution is 7.99. The fourth-order valence-corrected chi connectivity index (χ4v) is 6.89. The van der Waals surface area contributed by atoms with Crippen LogP contribution >= 0.6 is 23.4 Å². The molecule has 1 aliphatic rings. The Kier molecular flexibility index (Phi) is 7.99. The Morgan fingerprint density at radius 2 is 1.94 bits per heavy atom. The number of aryl methyl sites for hydroxylation is 1. The number of nitrogens with zero attached hydrogens (tertiary/aromatic N) is 1. The van der Waals surface area contributed by atoms with E-state index in [1.807, 2.05) is 12.1 Å². The number of halogens is 1. The normalized spacial score (nSPS) is 17.9. The van der Waals surface area contributed by atoms with Gasteiger partial charge in [0.25, 0.3) is 0 Å². The lowest BCUT2D eigenvalue weighted by molar-refractivity contribution is -0.137. The van der Waals surface area contributed by atoms with Crippen molar-refractivity contribution in [1.29, 1.82) is 0 Å². The van der Waals surface area contributed by atoms with Gasteiger partial charge in [0.05, 0.1) is 6.42 Å². The number of rotatable bonds is 9. The predicted molar refractivity (Wildman–Crippen MR) is 144 cm³/mol. The van der Waals surface area contributed by atoms with Crippen LogP contribution < -0.4 is 0 Å². The minimum absolute atomic E-state index is 0.0281. The maximum absolute atomic E-state index is 12.0. The first kappa shape index (κ1) is 25.2. The Hall–Kier alpha value is -1.91. The zero-order chi connectivity index (χ0) is 24.4. The third-order valence-corrected chi connectivity index (χ3v) is 8.45.